The number of carbonyl (C=O) groups is 1. The Balaban J connectivity index is 1.85. The van der Waals surface area contributed by atoms with Crippen LogP contribution in [0.4, 0.5) is 13.2 Å². The fourth-order valence-corrected chi connectivity index (χ4v) is 3.11. The number of nitrogens with one attached hydrogen (secondary N) is 1. The molecule has 2 aliphatic rings. The van der Waals surface area contributed by atoms with Crippen LogP contribution in [0.1, 0.15) is 32.1 Å². The molecule has 110 valence electrons. The molecule has 19 heavy (non-hydrogen) atoms. The molecule has 1 unspecified atom stereocenters. The van der Waals surface area contributed by atoms with Gasteiger partial charge in [-0.25, -0.2) is 0 Å². The van der Waals surface area contributed by atoms with Gasteiger partial charge in [0.2, 0.25) is 5.91 Å². The average molecular weight is 278 g/mol. The molecule has 0 aromatic rings. The smallest absolute Gasteiger partial charge is 0.341 e. The van der Waals surface area contributed by atoms with Gasteiger partial charge >= 0.3 is 6.18 Å². The Morgan fingerprint density at radius 2 is 1.79 bits per heavy atom. The van der Waals surface area contributed by atoms with Gasteiger partial charge in [0, 0.05) is 25.6 Å². The topological polar surface area (TPSA) is 32.3 Å². The SMILES string of the molecule is CN(C(=O)C1CCC(C(F)(F)F)CC1)C1CCNC1. The first-order chi connectivity index (χ1) is 8.89. The molecule has 0 aromatic heterocycles. The molecule has 1 saturated carbocycles. The predicted molar refractivity (Wildman–Crippen MR) is 65.5 cm³/mol. The molecule has 0 aromatic carbocycles. The Labute approximate surface area is 111 Å². The molecule has 2 rings (SSSR count). The second-order valence-electron chi connectivity index (χ2n) is 5.69. The molecule has 3 nitrogen and oxygen atoms in total. The van der Waals surface area contributed by atoms with Crippen LogP contribution >= 0.6 is 0 Å². The molecule has 0 radical (unpaired) electrons. The first-order valence-corrected chi connectivity index (χ1v) is 6.93. The van der Waals surface area contributed by atoms with E-state index >= 15 is 0 Å². The number of carbonyl (C=O) groups excluding carboxylic acids is 1. The zero-order valence-corrected chi connectivity index (χ0v) is 11.2. The van der Waals surface area contributed by atoms with Gasteiger partial charge < -0.3 is 10.2 Å². The fraction of sp³-hybridized carbons (Fsp3) is 0.923. The molecule has 1 heterocycles. The Morgan fingerprint density at radius 3 is 2.26 bits per heavy atom. The van der Waals surface area contributed by atoms with Crippen molar-refractivity contribution < 1.29 is 18.0 Å². The lowest BCUT2D eigenvalue weighted by Crippen LogP contribution is -2.43. The highest BCUT2D eigenvalue weighted by Crippen LogP contribution is 2.40. The molecule has 2 fully saturated rings. The number of likely N-dealkylation sites (N-methyl/N-ethyl adjacent to an activating group) is 1. The number of hydrogen-bond acceptors (Lipinski definition) is 2. The summed E-state index contributed by atoms with van der Waals surface area (Å²) in [6.07, 6.45) is -2.25. The Hall–Kier alpha value is -0.780. The van der Waals surface area contributed by atoms with Gasteiger partial charge in [-0.1, -0.05) is 0 Å². The van der Waals surface area contributed by atoms with E-state index in [-0.39, 0.29) is 30.7 Å². The molecular weight excluding hydrogens is 257 g/mol. The number of amides is 1. The maximum atomic E-state index is 12.6. The molecule has 0 spiro atoms. The van der Waals surface area contributed by atoms with Crippen molar-refractivity contribution >= 4 is 5.91 Å². The van der Waals surface area contributed by atoms with Crippen molar-refractivity contribution in [3.8, 4) is 0 Å². The first-order valence-electron chi connectivity index (χ1n) is 6.93. The minimum absolute atomic E-state index is 0.0225. The van der Waals surface area contributed by atoms with E-state index in [9.17, 15) is 18.0 Å². The Bertz CT molecular complexity index is 318. The molecule has 1 aliphatic heterocycles. The number of rotatable bonds is 2. The van der Waals surface area contributed by atoms with Gasteiger partial charge in [0.1, 0.15) is 0 Å². The second-order valence-corrected chi connectivity index (χ2v) is 5.69. The number of nitrogens with zero attached hydrogens (tertiary/aromatic N) is 1. The summed E-state index contributed by atoms with van der Waals surface area (Å²) >= 11 is 0. The van der Waals surface area contributed by atoms with Crippen LogP contribution in [0, 0.1) is 11.8 Å². The fourth-order valence-electron chi connectivity index (χ4n) is 3.11. The molecule has 1 atom stereocenters. The van der Waals surface area contributed by atoms with Gasteiger partial charge in [0.05, 0.1) is 5.92 Å². The number of alkyl halides is 3. The average Bonchev–Trinajstić information content (AvgIpc) is 2.90. The van der Waals surface area contributed by atoms with Crippen LogP contribution < -0.4 is 5.32 Å². The summed E-state index contributed by atoms with van der Waals surface area (Å²) in [5, 5.41) is 3.20. The summed E-state index contributed by atoms with van der Waals surface area (Å²) in [6.45, 7) is 1.70. The highest BCUT2D eigenvalue weighted by atomic mass is 19.4. The van der Waals surface area contributed by atoms with E-state index in [2.05, 4.69) is 5.32 Å². The maximum absolute atomic E-state index is 12.6. The summed E-state index contributed by atoms with van der Waals surface area (Å²) in [7, 11) is 1.77. The third-order valence-corrected chi connectivity index (χ3v) is 4.47. The van der Waals surface area contributed by atoms with Gasteiger partial charge in [-0.15, -0.1) is 0 Å². The predicted octanol–water partition coefficient (Wildman–Crippen LogP) is 2.18. The van der Waals surface area contributed by atoms with Crippen LogP contribution in [-0.2, 0) is 4.79 Å². The molecule has 1 N–H and O–H groups in total. The van der Waals surface area contributed by atoms with Crippen molar-refractivity contribution in [2.45, 2.75) is 44.3 Å². The van der Waals surface area contributed by atoms with E-state index in [4.69, 9.17) is 0 Å². The molecule has 6 heteroatoms. The van der Waals surface area contributed by atoms with E-state index in [1.54, 1.807) is 11.9 Å². The van der Waals surface area contributed by atoms with E-state index in [0.29, 0.717) is 12.8 Å². The quantitative estimate of drug-likeness (QED) is 0.839. The summed E-state index contributed by atoms with van der Waals surface area (Å²) in [5.41, 5.74) is 0. The van der Waals surface area contributed by atoms with Crippen LogP contribution in [0.5, 0.6) is 0 Å². The van der Waals surface area contributed by atoms with Crippen molar-refractivity contribution in [3.63, 3.8) is 0 Å². The minimum Gasteiger partial charge on any atom is -0.341 e. The maximum Gasteiger partial charge on any atom is 0.391 e. The third kappa shape index (κ3) is 3.41. The van der Waals surface area contributed by atoms with Gasteiger partial charge in [-0.3, -0.25) is 4.79 Å². The zero-order valence-electron chi connectivity index (χ0n) is 11.2. The van der Waals surface area contributed by atoms with Gasteiger partial charge in [0.25, 0.3) is 0 Å². The van der Waals surface area contributed by atoms with Crippen LogP contribution in [-0.4, -0.2) is 43.2 Å². The highest BCUT2D eigenvalue weighted by molar-refractivity contribution is 5.79. The van der Waals surface area contributed by atoms with Crippen molar-refractivity contribution in [1.29, 1.82) is 0 Å². The monoisotopic (exact) mass is 278 g/mol. The normalized spacial score (nSPS) is 32.3. The summed E-state index contributed by atoms with van der Waals surface area (Å²) < 4.78 is 37.7. The van der Waals surface area contributed by atoms with Gasteiger partial charge in [-0.05, 0) is 38.6 Å². The molecule has 1 saturated heterocycles. The third-order valence-electron chi connectivity index (χ3n) is 4.47. The second kappa shape index (κ2) is 5.69. The molecular formula is C13H21F3N2O. The standard InChI is InChI=1S/C13H21F3N2O/c1-18(11-6-7-17-8-11)12(19)9-2-4-10(5-3-9)13(14,15)16/h9-11,17H,2-8H2,1H3. The molecule has 0 bridgehead atoms. The van der Waals surface area contributed by atoms with Gasteiger partial charge in [-0.2, -0.15) is 13.2 Å². The van der Waals surface area contributed by atoms with Crippen molar-refractivity contribution in [3.05, 3.63) is 0 Å². The lowest BCUT2D eigenvalue weighted by Gasteiger charge is -2.33. The Morgan fingerprint density at radius 1 is 1.16 bits per heavy atom. The largest absolute Gasteiger partial charge is 0.391 e. The van der Waals surface area contributed by atoms with Crippen LogP contribution in [0.2, 0.25) is 0 Å². The summed E-state index contributed by atoms with van der Waals surface area (Å²) in [6, 6.07) is 0.202. The van der Waals surface area contributed by atoms with Crippen LogP contribution in [0.25, 0.3) is 0 Å². The van der Waals surface area contributed by atoms with E-state index in [1.165, 1.54) is 0 Å². The van der Waals surface area contributed by atoms with Crippen molar-refractivity contribution in [1.82, 2.24) is 10.2 Å². The number of halogens is 3. The van der Waals surface area contributed by atoms with Crippen LogP contribution in [0.3, 0.4) is 0 Å². The van der Waals surface area contributed by atoms with E-state index < -0.39 is 12.1 Å². The Kier molecular flexibility index (Phi) is 4.38. The van der Waals surface area contributed by atoms with Crippen molar-refractivity contribution in [2.75, 3.05) is 20.1 Å². The van der Waals surface area contributed by atoms with Crippen molar-refractivity contribution in [2.24, 2.45) is 11.8 Å². The minimum atomic E-state index is -4.10. The van der Waals surface area contributed by atoms with E-state index in [0.717, 1.165) is 19.5 Å². The van der Waals surface area contributed by atoms with Crippen LogP contribution in [0.15, 0.2) is 0 Å². The summed E-state index contributed by atoms with van der Waals surface area (Å²) in [5.74, 6) is -1.41. The molecule has 1 amide bonds. The van der Waals surface area contributed by atoms with Gasteiger partial charge in [0.15, 0.2) is 0 Å². The highest BCUT2D eigenvalue weighted by Gasteiger charge is 2.43. The lowest BCUT2D eigenvalue weighted by molar-refractivity contribution is -0.185. The summed E-state index contributed by atoms with van der Waals surface area (Å²) in [4.78, 5) is 14.0. The molecule has 1 aliphatic carbocycles. The van der Waals surface area contributed by atoms with E-state index in [1.807, 2.05) is 0 Å². The first kappa shape index (κ1) is 14.6. The number of hydrogen-bond donors (Lipinski definition) is 1. The zero-order chi connectivity index (χ0) is 14.0. The lowest BCUT2D eigenvalue weighted by atomic mass is 9.81.